The third-order valence-corrected chi connectivity index (χ3v) is 4.44. The van der Waals surface area contributed by atoms with Crippen molar-refractivity contribution in [1.29, 1.82) is 0 Å². The Morgan fingerprint density at radius 2 is 2.16 bits per heavy atom. The fourth-order valence-electron chi connectivity index (χ4n) is 2.58. The summed E-state index contributed by atoms with van der Waals surface area (Å²) in [7, 11) is 0. The maximum atomic E-state index is 12.1. The zero-order valence-electron chi connectivity index (χ0n) is 10.7. The van der Waals surface area contributed by atoms with Crippen LogP contribution in [0.3, 0.4) is 0 Å². The van der Waals surface area contributed by atoms with Crippen molar-refractivity contribution in [2.45, 2.75) is 31.7 Å². The van der Waals surface area contributed by atoms with Crippen LogP contribution in [0.5, 0.6) is 0 Å². The van der Waals surface area contributed by atoms with E-state index in [-0.39, 0.29) is 23.6 Å². The quantitative estimate of drug-likeness (QED) is 0.816. The van der Waals surface area contributed by atoms with Gasteiger partial charge in [-0.25, -0.2) is 0 Å². The van der Waals surface area contributed by atoms with E-state index in [1.807, 2.05) is 0 Å². The number of amides is 2. The molecule has 2 heterocycles. The monoisotopic (exact) mass is 286 g/mol. The minimum atomic E-state index is -0.865. The number of hydrogen-bond acceptors (Lipinski definition) is 4. The van der Waals surface area contributed by atoms with Crippen molar-refractivity contribution in [3.63, 3.8) is 0 Å². The lowest BCUT2D eigenvalue weighted by atomic mass is 10.1. The van der Waals surface area contributed by atoms with Crippen LogP contribution in [-0.4, -0.2) is 63.5 Å². The maximum absolute atomic E-state index is 12.1. The van der Waals surface area contributed by atoms with E-state index < -0.39 is 5.97 Å². The minimum Gasteiger partial charge on any atom is -0.481 e. The van der Waals surface area contributed by atoms with Crippen LogP contribution in [0.15, 0.2) is 0 Å². The number of aliphatic carboxylic acids is 1. The van der Waals surface area contributed by atoms with Crippen LogP contribution >= 0.6 is 11.8 Å². The highest BCUT2D eigenvalue weighted by molar-refractivity contribution is 8.13. The highest BCUT2D eigenvalue weighted by Gasteiger charge is 2.31. The molecule has 0 saturated carbocycles. The second-order valence-electron chi connectivity index (χ2n) is 4.83. The number of carbonyl (C=O) groups is 3. The fraction of sp³-hybridized carbons (Fsp3) is 0.750. The second-order valence-corrected chi connectivity index (χ2v) is 5.88. The van der Waals surface area contributed by atoms with Crippen molar-refractivity contribution in [2.24, 2.45) is 0 Å². The Hall–Kier alpha value is -1.24. The SMILES string of the molecule is O=C(O)CC1CCCN1C(=O)CCN1CCSC1=O. The van der Waals surface area contributed by atoms with Gasteiger partial charge in [-0.15, -0.1) is 0 Å². The molecule has 2 rings (SSSR count). The Bertz CT molecular complexity index is 388. The highest BCUT2D eigenvalue weighted by Crippen LogP contribution is 2.22. The fourth-order valence-corrected chi connectivity index (χ4v) is 3.43. The molecule has 0 aromatic rings. The van der Waals surface area contributed by atoms with Crippen molar-refractivity contribution < 1.29 is 19.5 Å². The molecule has 2 amide bonds. The summed E-state index contributed by atoms with van der Waals surface area (Å²) in [5.41, 5.74) is 0. The molecule has 106 valence electrons. The molecular weight excluding hydrogens is 268 g/mol. The number of nitrogens with zero attached hydrogens (tertiary/aromatic N) is 2. The largest absolute Gasteiger partial charge is 0.481 e. The van der Waals surface area contributed by atoms with Crippen LogP contribution in [0.4, 0.5) is 4.79 Å². The van der Waals surface area contributed by atoms with E-state index in [1.54, 1.807) is 9.80 Å². The van der Waals surface area contributed by atoms with Crippen molar-refractivity contribution in [2.75, 3.05) is 25.4 Å². The Balaban J connectivity index is 1.81. The minimum absolute atomic E-state index is 0.0181. The molecule has 0 radical (unpaired) electrons. The Morgan fingerprint density at radius 1 is 1.37 bits per heavy atom. The summed E-state index contributed by atoms with van der Waals surface area (Å²) < 4.78 is 0. The molecule has 6 nitrogen and oxygen atoms in total. The molecule has 0 aliphatic carbocycles. The smallest absolute Gasteiger partial charge is 0.305 e. The summed E-state index contributed by atoms with van der Waals surface area (Å²) in [5.74, 6) is -0.109. The molecule has 0 aromatic heterocycles. The van der Waals surface area contributed by atoms with Crippen molar-refractivity contribution in [1.82, 2.24) is 9.80 Å². The molecule has 1 unspecified atom stereocenters. The van der Waals surface area contributed by atoms with E-state index in [0.717, 1.165) is 18.6 Å². The van der Waals surface area contributed by atoms with E-state index in [0.29, 0.717) is 26.1 Å². The molecular formula is C12H18N2O4S. The van der Waals surface area contributed by atoms with Gasteiger partial charge in [0.1, 0.15) is 0 Å². The molecule has 19 heavy (non-hydrogen) atoms. The summed E-state index contributed by atoms with van der Waals surface area (Å²) in [5, 5.41) is 8.86. The van der Waals surface area contributed by atoms with Gasteiger partial charge in [-0.2, -0.15) is 0 Å². The zero-order valence-corrected chi connectivity index (χ0v) is 11.5. The topological polar surface area (TPSA) is 77.9 Å². The van der Waals surface area contributed by atoms with Crippen LogP contribution in [0, 0.1) is 0 Å². The van der Waals surface area contributed by atoms with E-state index >= 15 is 0 Å². The second kappa shape index (κ2) is 6.27. The molecule has 2 aliphatic heterocycles. The summed E-state index contributed by atoms with van der Waals surface area (Å²) in [6.45, 7) is 1.79. The van der Waals surface area contributed by atoms with Crippen molar-refractivity contribution in [3.05, 3.63) is 0 Å². The average Bonchev–Trinajstić information content (AvgIpc) is 2.95. The Labute approximate surface area is 116 Å². The molecule has 2 aliphatic rings. The first-order valence-electron chi connectivity index (χ1n) is 6.51. The lowest BCUT2D eigenvalue weighted by molar-refractivity contribution is -0.139. The molecule has 0 aromatic carbocycles. The summed E-state index contributed by atoms with van der Waals surface area (Å²) in [6, 6.07) is -0.173. The van der Waals surface area contributed by atoms with E-state index in [9.17, 15) is 14.4 Å². The number of carbonyl (C=O) groups excluding carboxylic acids is 2. The van der Waals surface area contributed by atoms with Crippen LogP contribution in [0.2, 0.25) is 0 Å². The first-order valence-corrected chi connectivity index (χ1v) is 7.49. The van der Waals surface area contributed by atoms with E-state index in [2.05, 4.69) is 0 Å². The predicted octanol–water partition coefficient (Wildman–Crippen LogP) is 1.01. The van der Waals surface area contributed by atoms with Gasteiger partial charge < -0.3 is 14.9 Å². The number of carboxylic acids is 1. The van der Waals surface area contributed by atoms with E-state index in [4.69, 9.17) is 5.11 Å². The third kappa shape index (κ3) is 3.62. The van der Waals surface area contributed by atoms with Crippen LogP contribution in [0.1, 0.15) is 25.7 Å². The summed E-state index contributed by atoms with van der Waals surface area (Å²) in [6.07, 6.45) is 1.94. The Kier molecular flexibility index (Phi) is 4.68. The first-order chi connectivity index (χ1) is 9.08. The van der Waals surface area contributed by atoms with Gasteiger partial charge >= 0.3 is 5.97 Å². The van der Waals surface area contributed by atoms with Gasteiger partial charge in [-0.3, -0.25) is 14.4 Å². The maximum Gasteiger partial charge on any atom is 0.305 e. The number of carboxylic acid groups (broad SMARTS) is 1. The third-order valence-electron chi connectivity index (χ3n) is 3.55. The van der Waals surface area contributed by atoms with Crippen LogP contribution in [0.25, 0.3) is 0 Å². The molecule has 7 heteroatoms. The number of thioether (sulfide) groups is 1. The molecule has 1 atom stereocenters. The number of rotatable bonds is 5. The number of likely N-dealkylation sites (tertiary alicyclic amines) is 1. The van der Waals surface area contributed by atoms with Gasteiger partial charge in [0.05, 0.1) is 6.42 Å². The van der Waals surface area contributed by atoms with Gasteiger partial charge in [-0.1, -0.05) is 11.8 Å². The molecule has 1 N–H and O–H groups in total. The normalized spacial score (nSPS) is 23.2. The molecule has 2 fully saturated rings. The number of hydrogen-bond donors (Lipinski definition) is 1. The first kappa shape index (κ1) is 14.2. The molecule has 0 spiro atoms. The van der Waals surface area contributed by atoms with Gasteiger partial charge in [0.25, 0.3) is 5.24 Å². The lowest BCUT2D eigenvalue weighted by Gasteiger charge is -2.24. The van der Waals surface area contributed by atoms with Crippen molar-refractivity contribution in [3.8, 4) is 0 Å². The zero-order chi connectivity index (χ0) is 13.8. The highest BCUT2D eigenvalue weighted by atomic mass is 32.2. The van der Waals surface area contributed by atoms with Crippen LogP contribution < -0.4 is 0 Å². The van der Waals surface area contributed by atoms with Gasteiger partial charge in [0.2, 0.25) is 5.91 Å². The van der Waals surface area contributed by atoms with Crippen LogP contribution in [-0.2, 0) is 9.59 Å². The Morgan fingerprint density at radius 3 is 2.79 bits per heavy atom. The van der Waals surface area contributed by atoms with E-state index in [1.165, 1.54) is 11.8 Å². The van der Waals surface area contributed by atoms with Gasteiger partial charge in [0, 0.05) is 37.8 Å². The molecule has 2 saturated heterocycles. The van der Waals surface area contributed by atoms with Gasteiger partial charge in [0.15, 0.2) is 0 Å². The lowest BCUT2D eigenvalue weighted by Crippen LogP contribution is -2.38. The van der Waals surface area contributed by atoms with Crippen molar-refractivity contribution >= 4 is 28.9 Å². The molecule has 0 bridgehead atoms. The standard InChI is InChI=1S/C12H18N2O4S/c15-10(3-5-13-6-7-19-12(13)18)14-4-1-2-9(14)8-11(16)17/h9H,1-8H2,(H,16,17). The summed E-state index contributed by atoms with van der Waals surface area (Å²) in [4.78, 5) is 37.6. The van der Waals surface area contributed by atoms with Gasteiger partial charge in [-0.05, 0) is 12.8 Å². The summed E-state index contributed by atoms with van der Waals surface area (Å²) >= 11 is 1.28. The average molecular weight is 286 g/mol. The predicted molar refractivity (Wildman–Crippen MR) is 71.0 cm³/mol.